The fraction of sp³-hybridized carbons (Fsp3) is 0.875. The summed E-state index contributed by atoms with van der Waals surface area (Å²) in [6.07, 6.45) is 4.28. The number of aliphatic carboxylic acids is 1. The van der Waals surface area contributed by atoms with Crippen molar-refractivity contribution in [2.24, 2.45) is 5.41 Å². The van der Waals surface area contributed by atoms with E-state index < -0.39 is 5.97 Å². The summed E-state index contributed by atoms with van der Waals surface area (Å²) in [5.74, 6) is -0.892. The normalized spacial score (nSPS) is 11.3. The largest absolute Gasteiger partial charge is 0.481 e. The highest BCUT2D eigenvalue weighted by atomic mass is 16.6. The van der Waals surface area contributed by atoms with Crippen molar-refractivity contribution >= 4 is 11.9 Å². The van der Waals surface area contributed by atoms with Gasteiger partial charge in [-0.15, -0.1) is 0 Å². The second-order valence-corrected chi connectivity index (χ2v) is 6.59. The van der Waals surface area contributed by atoms with E-state index in [1.54, 1.807) is 0 Å². The summed E-state index contributed by atoms with van der Waals surface area (Å²) >= 11 is 0. The van der Waals surface area contributed by atoms with Crippen molar-refractivity contribution in [1.29, 1.82) is 0 Å². The van der Waals surface area contributed by atoms with Gasteiger partial charge in [-0.25, -0.2) is 0 Å². The third kappa shape index (κ3) is 15.0. The molecule has 0 bridgehead atoms. The monoisotopic (exact) mass is 288 g/mol. The van der Waals surface area contributed by atoms with Gasteiger partial charge in [0.25, 0.3) is 0 Å². The number of hydrogen-bond donors (Lipinski definition) is 1. The molecular weight excluding hydrogens is 256 g/mol. The van der Waals surface area contributed by atoms with Crippen LogP contribution in [0.3, 0.4) is 0 Å². The van der Waals surface area contributed by atoms with Crippen molar-refractivity contribution in [3.8, 4) is 0 Å². The SMILES string of the molecule is CCCC(C)(C)CC(=O)O.CCCC(C)(C)OC(C)=O. The van der Waals surface area contributed by atoms with Crippen LogP contribution in [0.5, 0.6) is 0 Å². The summed E-state index contributed by atoms with van der Waals surface area (Å²) in [7, 11) is 0. The Labute approximate surface area is 123 Å². The lowest BCUT2D eigenvalue weighted by molar-refractivity contribution is -0.154. The highest BCUT2D eigenvalue weighted by Gasteiger charge is 2.20. The molecule has 0 aromatic heterocycles. The maximum atomic E-state index is 10.5. The molecule has 120 valence electrons. The lowest BCUT2D eigenvalue weighted by atomic mass is 9.85. The van der Waals surface area contributed by atoms with Gasteiger partial charge in [-0.2, -0.15) is 0 Å². The topological polar surface area (TPSA) is 63.6 Å². The minimum atomic E-state index is -0.696. The summed E-state index contributed by atoms with van der Waals surface area (Å²) < 4.78 is 5.04. The Kier molecular flexibility index (Phi) is 10.4. The van der Waals surface area contributed by atoms with E-state index in [2.05, 4.69) is 13.8 Å². The van der Waals surface area contributed by atoms with E-state index in [1.807, 2.05) is 27.7 Å². The van der Waals surface area contributed by atoms with Gasteiger partial charge < -0.3 is 9.84 Å². The van der Waals surface area contributed by atoms with Crippen molar-refractivity contribution in [2.75, 3.05) is 0 Å². The van der Waals surface area contributed by atoms with E-state index in [0.29, 0.717) is 0 Å². The number of carbonyl (C=O) groups excluding carboxylic acids is 1. The van der Waals surface area contributed by atoms with Crippen LogP contribution in [0.25, 0.3) is 0 Å². The van der Waals surface area contributed by atoms with Crippen LogP contribution in [0.1, 0.15) is 80.6 Å². The molecule has 0 aromatic rings. The van der Waals surface area contributed by atoms with E-state index in [9.17, 15) is 9.59 Å². The zero-order valence-electron chi connectivity index (χ0n) is 14.2. The molecule has 0 amide bonds. The summed E-state index contributed by atoms with van der Waals surface area (Å²) in [4.78, 5) is 20.8. The molecular formula is C16H32O4. The summed E-state index contributed by atoms with van der Waals surface area (Å²) in [5.41, 5.74) is -0.304. The third-order valence-corrected chi connectivity index (χ3v) is 2.83. The minimum absolute atomic E-state index is 0.0272. The summed E-state index contributed by atoms with van der Waals surface area (Å²) in [6.45, 7) is 13.4. The van der Waals surface area contributed by atoms with Crippen molar-refractivity contribution in [3.05, 3.63) is 0 Å². The summed E-state index contributed by atoms with van der Waals surface area (Å²) in [6, 6.07) is 0. The Morgan fingerprint density at radius 2 is 1.45 bits per heavy atom. The van der Waals surface area contributed by atoms with Gasteiger partial charge in [-0.05, 0) is 32.1 Å². The molecule has 0 aliphatic rings. The highest BCUT2D eigenvalue weighted by Crippen LogP contribution is 2.25. The van der Waals surface area contributed by atoms with Gasteiger partial charge in [0.05, 0.1) is 6.42 Å². The summed E-state index contributed by atoms with van der Waals surface area (Å²) in [5, 5.41) is 8.48. The predicted octanol–water partition coefficient (Wildman–Crippen LogP) is 4.42. The predicted molar refractivity (Wildman–Crippen MR) is 81.7 cm³/mol. The molecule has 0 atom stereocenters. The molecule has 0 spiro atoms. The van der Waals surface area contributed by atoms with Gasteiger partial charge in [-0.3, -0.25) is 9.59 Å². The fourth-order valence-corrected chi connectivity index (χ4v) is 2.22. The van der Waals surface area contributed by atoms with Crippen molar-refractivity contribution < 1.29 is 19.4 Å². The Hall–Kier alpha value is -1.06. The average Bonchev–Trinajstić information content (AvgIpc) is 2.12. The van der Waals surface area contributed by atoms with E-state index in [1.165, 1.54) is 6.92 Å². The van der Waals surface area contributed by atoms with Crippen LogP contribution in [-0.4, -0.2) is 22.6 Å². The third-order valence-electron chi connectivity index (χ3n) is 2.83. The number of carboxylic acid groups (broad SMARTS) is 1. The molecule has 0 aromatic carbocycles. The highest BCUT2D eigenvalue weighted by molar-refractivity contribution is 5.67. The smallest absolute Gasteiger partial charge is 0.303 e. The number of rotatable bonds is 7. The molecule has 0 rings (SSSR count). The van der Waals surface area contributed by atoms with Gasteiger partial charge >= 0.3 is 11.9 Å². The van der Waals surface area contributed by atoms with E-state index in [0.717, 1.165) is 25.7 Å². The first-order valence-corrected chi connectivity index (χ1v) is 7.37. The molecule has 4 nitrogen and oxygen atoms in total. The maximum absolute atomic E-state index is 10.5. The number of esters is 1. The number of carboxylic acids is 1. The first kappa shape index (κ1) is 21.2. The Bertz CT molecular complexity index is 263. The lowest BCUT2D eigenvalue weighted by Gasteiger charge is -2.23. The van der Waals surface area contributed by atoms with E-state index >= 15 is 0 Å². The molecule has 0 fully saturated rings. The minimum Gasteiger partial charge on any atom is -0.481 e. The molecule has 0 aliphatic carbocycles. The van der Waals surface area contributed by atoms with Gasteiger partial charge in [0, 0.05) is 6.92 Å². The first-order valence-electron chi connectivity index (χ1n) is 7.37. The average molecular weight is 288 g/mol. The molecule has 0 heterocycles. The Morgan fingerprint density at radius 3 is 1.75 bits per heavy atom. The van der Waals surface area contributed by atoms with Gasteiger partial charge in [0.2, 0.25) is 0 Å². The van der Waals surface area contributed by atoms with Crippen LogP contribution >= 0.6 is 0 Å². The van der Waals surface area contributed by atoms with Crippen LogP contribution in [-0.2, 0) is 14.3 Å². The molecule has 20 heavy (non-hydrogen) atoms. The van der Waals surface area contributed by atoms with Crippen molar-refractivity contribution in [3.63, 3.8) is 0 Å². The lowest BCUT2D eigenvalue weighted by Crippen LogP contribution is -2.26. The van der Waals surface area contributed by atoms with Crippen molar-refractivity contribution in [2.45, 2.75) is 86.2 Å². The molecule has 0 aliphatic heterocycles. The van der Waals surface area contributed by atoms with Crippen LogP contribution in [0.4, 0.5) is 0 Å². The fourth-order valence-electron chi connectivity index (χ4n) is 2.22. The van der Waals surface area contributed by atoms with Gasteiger partial charge in [-0.1, -0.05) is 40.5 Å². The second kappa shape index (κ2) is 9.78. The zero-order valence-corrected chi connectivity index (χ0v) is 14.2. The van der Waals surface area contributed by atoms with Crippen LogP contribution < -0.4 is 0 Å². The second-order valence-electron chi connectivity index (χ2n) is 6.59. The Morgan fingerprint density at radius 1 is 1.00 bits per heavy atom. The molecule has 0 radical (unpaired) electrons. The standard InChI is InChI=1S/2C8H16O2/c1-5-6-8(3,4)10-7(2)9;1-4-5-8(2,3)6-7(9)10/h5-6H2,1-4H3;4-6H2,1-3H3,(H,9,10). The molecule has 4 heteroatoms. The molecule has 0 saturated carbocycles. The van der Waals surface area contributed by atoms with E-state index in [-0.39, 0.29) is 23.4 Å². The number of hydrogen-bond acceptors (Lipinski definition) is 3. The van der Waals surface area contributed by atoms with Crippen molar-refractivity contribution in [1.82, 2.24) is 0 Å². The van der Waals surface area contributed by atoms with Crippen LogP contribution in [0.2, 0.25) is 0 Å². The number of ether oxygens (including phenoxy) is 1. The maximum Gasteiger partial charge on any atom is 0.303 e. The number of carbonyl (C=O) groups is 2. The molecule has 1 N–H and O–H groups in total. The first-order chi connectivity index (χ1) is 8.95. The zero-order chi connectivity index (χ0) is 16.4. The quantitative estimate of drug-likeness (QED) is 0.704. The van der Waals surface area contributed by atoms with Gasteiger partial charge in [0.15, 0.2) is 0 Å². The van der Waals surface area contributed by atoms with E-state index in [4.69, 9.17) is 9.84 Å². The van der Waals surface area contributed by atoms with Gasteiger partial charge in [0.1, 0.15) is 5.60 Å². The van der Waals surface area contributed by atoms with Crippen LogP contribution in [0.15, 0.2) is 0 Å². The molecule has 0 saturated heterocycles. The Balaban J connectivity index is 0. The van der Waals surface area contributed by atoms with Crippen LogP contribution in [0, 0.1) is 5.41 Å². The molecule has 0 unspecified atom stereocenters.